The third-order valence-electron chi connectivity index (χ3n) is 10.2. The predicted octanol–water partition coefficient (Wildman–Crippen LogP) is 8.29. The molecular formula is C44H22N8Zn. The van der Waals surface area contributed by atoms with Crippen LogP contribution in [0.2, 0.25) is 0 Å². The molecule has 7 aromatic rings. The summed E-state index contributed by atoms with van der Waals surface area (Å²) in [5, 5.41) is 6.96. The first-order valence-electron chi connectivity index (χ1n) is 17.1. The Hall–Kier alpha value is -6.70. The van der Waals surface area contributed by atoms with Crippen LogP contribution in [0.3, 0.4) is 0 Å². The fourth-order valence-electron chi connectivity index (χ4n) is 7.70. The molecule has 0 spiro atoms. The number of rotatable bonds is 0. The molecular weight excluding hydrogens is 706 g/mol. The minimum atomic E-state index is 0. The van der Waals surface area contributed by atoms with Crippen molar-refractivity contribution >= 4 is 79.0 Å². The number of hydrogen-bond acceptors (Lipinski definition) is 8. The first-order valence-corrected chi connectivity index (χ1v) is 17.1. The minimum absolute atomic E-state index is 0. The van der Waals surface area contributed by atoms with E-state index in [0.717, 1.165) is 55.3 Å². The first-order chi connectivity index (χ1) is 25.7. The van der Waals surface area contributed by atoms with Gasteiger partial charge in [-0.2, -0.15) is 0 Å². The smallest absolute Gasteiger partial charge is 0.164 e. The van der Waals surface area contributed by atoms with Crippen LogP contribution in [0, 0.1) is 0 Å². The summed E-state index contributed by atoms with van der Waals surface area (Å²) in [6.07, 6.45) is 0. The molecule has 12 rings (SSSR count). The van der Waals surface area contributed by atoms with E-state index in [4.69, 9.17) is 39.9 Å². The van der Waals surface area contributed by atoms with E-state index in [0.29, 0.717) is 46.7 Å². The van der Waals surface area contributed by atoms with Gasteiger partial charge >= 0.3 is 0 Å². The predicted molar refractivity (Wildman–Crippen MR) is 211 cm³/mol. The minimum Gasteiger partial charge on any atom is -0.208 e. The van der Waals surface area contributed by atoms with E-state index in [-0.39, 0.29) is 19.5 Å². The Morgan fingerprint density at radius 3 is 0.698 bits per heavy atom. The standard InChI is InChI=1S/C44H22N8.Zn/c1-2-10-24-18-26-20-28-22-36-35(21-27(28)19-25(26)17-23(24)9-1)43-50-41-33-15-7-5-13-31(33)39(48-41)46-37-29-11-3-4-12-30(29)38(45-37)47-40-32-14-6-8-16-34(32)42(49-40)51-44(36)52-43;/h1-22H;. The van der Waals surface area contributed by atoms with Crippen LogP contribution in [0.25, 0.3) is 32.3 Å². The molecule has 240 valence electrons. The molecule has 7 aromatic carbocycles. The van der Waals surface area contributed by atoms with Crippen molar-refractivity contribution in [3.63, 3.8) is 0 Å². The summed E-state index contributed by atoms with van der Waals surface area (Å²) >= 11 is 0. The zero-order chi connectivity index (χ0) is 33.9. The Morgan fingerprint density at radius 2 is 0.415 bits per heavy atom. The zero-order valence-electron chi connectivity index (χ0n) is 28.0. The molecule has 0 fully saturated rings. The van der Waals surface area contributed by atoms with Crippen LogP contribution >= 0.6 is 0 Å². The molecule has 5 aliphatic rings. The molecule has 0 aliphatic carbocycles. The maximum Gasteiger partial charge on any atom is 0.164 e. The largest absolute Gasteiger partial charge is 0.208 e. The van der Waals surface area contributed by atoms with Gasteiger partial charge in [0.25, 0.3) is 0 Å². The van der Waals surface area contributed by atoms with E-state index in [1.807, 2.05) is 72.8 Å². The third kappa shape index (κ3) is 4.51. The van der Waals surface area contributed by atoms with Gasteiger partial charge in [-0.3, -0.25) is 0 Å². The molecule has 8 nitrogen and oxygen atoms in total. The molecule has 5 heterocycles. The summed E-state index contributed by atoms with van der Waals surface area (Å²) < 4.78 is 0. The number of amidine groups is 8. The number of aliphatic imine (C=N–C) groups is 8. The maximum atomic E-state index is 5.16. The van der Waals surface area contributed by atoms with Gasteiger partial charge in [0, 0.05) is 64.0 Å². The average molecular weight is 728 g/mol. The summed E-state index contributed by atoms with van der Waals surface area (Å²) in [5.41, 5.74) is 7.07. The van der Waals surface area contributed by atoms with E-state index in [1.54, 1.807) is 0 Å². The summed E-state index contributed by atoms with van der Waals surface area (Å²) in [6, 6.07) is 45.9. The summed E-state index contributed by atoms with van der Waals surface area (Å²) in [5.74, 6) is 4.33. The fourth-order valence-corrected chi connectivity index (χ4v) is 7.70. The van der Waals surface area contributed by atoms with E-state index >= 15 is 0 Å². The molecule has 0 saturated carbocycles. The van der Waals surface area contributed by atoms with Crippen LogP contribution in [0.15, 0.2) is 173 Å². The second-order valence-corrected chi connectivity index (χ2v) is 13.3. The molecule has 0 amide bonds. The Labute approximate surface area is 315 Å². The SMILES string of the molecule is [Zn].c1ccc2c(c1)C1=NC2=NC2=NC(=NC3=NC(=NC4=NC(=N1)c1ccccc14)c1cc4cc5cc6ccccc6cc5cc4cc13)c1ccccc12. The van der Waals surface area contributed by atoms with Crippen molar-refractivity contribution in [1.29, 1.82) is 0 Å². The van der Waals surface area contributed by atoms with E-state index in [1.165, 1.54) is 21.5 Å². The molecule has 0 unspecified atom stereocenters. The van der Waals surface area contributed by atoms with Crippen molar-refractivity contribution in [2.24, 2.45) is 39.9 Å². The van der Waals surface area contributed by atoms with E-state index in [2.05, 4.69) is 60.7 Å². The average Bonchev–Trinajstić information content (AvgIpc) is 3.91. The Balaban J connectivity index is 0.00000331. The van der Waals surface area contributed by atoms with Gasteiger partial charge in [-0.05, 0) is 68.7 Å². The van der Waals surface area contributed by atoms with Crippen LogP contribution in [-0.2, 0) is 19.5 Å². The van der Waals surface area contributed by atoms with Crippen LogP contribution in [0.5, 0.6) is 0 Å². The number of hydrogen-bond donors (Lipinski definition) is 0. The van der Waals surface area contributed by atoms with Gasteiger partial charge in [-0.15, -0.1) is 0 Å². The molecule has 0 radical (unpaired) electrons. The van der Waals surface area contributed by atoms with Crippen molar-refractivity contribution < 1.29 is 19.5 Å². The van der Waals surface area contributed by atoms with Crippen LogP contribution in [0.4, 0.5) is 0 Å². The quantitative estimate of drug-likeness (QED) is 0.111. The molecule has 0 atom stereocenters. The van der Waals surface area contributed by atoms with Gasteiger partial charge in [-0.25, -0.2) is 39.9 Å². The summed E-state index contributed by atoms with van der Waals surface area (Å²) in [7, 11) is 0. The summed E-state index contributed by atoms with van der Waals surface area (Å²) in [6.45, 7) is 0. The second-order valence-electron chi connectivity index (χ2n) is 13.3. The normalized spacial score (nSPS) is 15.9. The molecule has 0 N–H and O–H groups in total. The van der Waals surface area contributed by atoms with Gasteiger partial charge in [0.15, 0.2) is 46.7 Å². The zero-order valence-corrected chi connectivity index (χ0v) is 31.0. The van der Waals surface area contributed by atoms with Gasteiger partial charge in [0.05, 0.1) is 0 Å². The van der Waals surface area contributed by atoms with Gasteiger partial charge in [0.1, 0.15) is 0 Å². The molecule has 5 aliphatic heterocycles. The van der Waals surface area contributed by atoms with Crippen LogP contribution < -0.4 is 0 Å². The number of nitrogens with zero attached hydrogens (tertiary/aromatic N) is 8. The molecule has 0 aromatic heterocycles. The van der Waals surface area contributed by atoms with Crippen molar-refractivity contribution in [2.45, 2.75) is 0 Å². The second kappa shape index (κ2) is 11.1. The molecule has 0 saturated heterocycles. The van der Waals surface area contributed by atoms with E-state index < -0.39 is 0 Å². The number of benzene rings is 7. The van der Waals surface area contributed by atoms with Crippen molar-refractivity contribution in [3.05, 3.63) is 178 Å². The maximum absolute atomic E-state index is 5.16. The topological polar surface area (TPSA) is 98.9 Å². The first kappa shape index (κ1) is 30.0. The monoisotopic (exact) mass is 726 g/mol. The van der Waals surface area contributed by atoms with Gasteiger partial charge < -0.3 is 0 Å². The Bertz CT molecular complexity index is 3120. The van der Waals surface area contributed by atoms with Gasteiger partial charge in [-0.1, -0.05) is 97.1 Å². The van der Waals surface area contributed by atoms with Crippen LogP contribution in [-0.4, -0.2) is 46.7 Å². The van der Waals surface area contributed by atoms with Crippen molar-refractivity contribution in [1.82, 2.24) is 0 Å². The Morgan fingerprint density at radius 1 is 0.208 bits per heavy atom. The van der Waals surface area contributed by atoms with Gasteiger partial charge in [0.2, 0.25) is 0 Å². The fraction of sp³-hybridized carbons (Fsp3) is 0. The molecule has 8 bridgehead atoms. The third-order valence-corrected chi connectivity index (χ3v) is 10.2. The molecule has 9 heteroatoms. The number of fused-ring (bicyclic) bond motifs is 19. The molecule has 53 heavy (non-hydrogen) atoms. The van der Waals surface area contributed by atoms with Crippen molar-refractivity contribution in [2.75, 3.05) is 0 Å². The van der Waals surface area contributed by atoms with Crippen molar-refractivity contribution in [3.8, 4) is 0 Å². The van der Waals surface area contributed by atoms with E-state index in [9.17, 15) is 0 Å². The Kier molecular flexibility index (Phi) is 6.31. The summed E-state index contributed by atoms with van der Waals surface area (Å²) in [4.78, 5) is 40.4. The van der Waals surface area contributed by atoms with Crippen LogP contribution in [0.1, 0.15) is 44.5 Å².